The van der Waals surface area contributed by atoms with Gasteiger partial charge >= 0.3 is 17.9 Å². The van der Waals surface area contributed by atoms with Crippen molar-refractivity contribution < 1.29 is 28.6 Å². The lowest BCUT2D eigenvalue weighted by Crippen LogP contribution is -2.30. The van der Waals surface area contributed by atoms with Crippen molar-refractivity contribution in [2.24, 2.45) is 0 Å². The first-order valence-electron chi connectivity index (χ1n) is 28.8. The van der Waals surface area contributed by atoms with Gasteiger partial charge < -0.3 is 14.2 Å². The van der Waals surface area contributed by atoms with Gasteiger partial charge in [0.2, 0.25) is 0 Å². The molecule has 0 amide bonds. The zero-order chi connectivity index (χ0) is 48.6. The average molecular weight is 938 g/mol. The maximum atomic E-state index is 12.8. The van der Waals surface area contributed by atoms with Crippen molar-refractivity contribution in [2.45, 2.75) is 297 Å². The summed E-state index contributed by atoms with van der Waals surface area (Å²) in [5, 5.41) is 0. The third-order valence-corrected chi connectivity index (χ3v) is 12.5. The Bertz CT molecular complexity index is 1210. The van der Waals surface area contributed by atoms with Crippen LogP contribution < -0.4 is 0 Å². The number of carbonyl (C=O) groups is 3. The van der Waals surface area contributed by atoms with Gasteiger partial charge in [-0.1, -0.05) is 268 Å². The van der Waals surface area contributed by atoms with Crippen LogP contribution in [-0.2, 0) is 28.6 Å². The highest BCUT2D eigenvalue weighted by Crippen LogP contribution is 2.16. The van der Waals surface area contributed by atoms with Gasteiger partial charge in [0, 0.05) is 19.3 Å². The van der Waals surface area contributed by atoms with E-state index in [2.05, 4.69) is 81.5 Å². The quantitative estimate of drug-likeness (QED) is 0.0262. The number of allylic oxidation sites excluding steroid dienone is 10. The van der Waals surface area contributed by atoms with E-state index in [1.807, 2.05) is 0 Å². The number of hydrogen-bond acceptors (Lipinski definition) is 6. The number of unbranched alkanes of at least 4 members (excludes halogenated alkanes) is 31. The molecule has 1 unspecified atom stereocenters. The molecule has 0 aromatic rings. The lowest BCUT2D eigenvalue weighted by Gasteiger charge is -2.18. The van der Waals surface area contributed by atoms with E-state index in [4.69, 9.17) is 14.2 Å². The van der Waals surface area contributed by atoms with Crippen molar-refractivity contribution in [1.82, 2.24) is 0 Å². The third kappa shape index (κ3) is 53.9. The topological polar surface area (TPSA) is 78.9 Å². The second kappa shape index (κ2) is 55.7. The Kier molecular flexibility index (Phi) is 53.3. The van der Waals surface area contributed by atoms with E-state index in [9.17, 15) is 14.4 Å². The fraction of sp³-hybridized carbons (Fsp3) is 0.787. The van der Waals surface area contributed by atoms with E-state index in [0.717, 1.165) is 96.3 Å². The second-order valence-corrected chi connectivity index (χ2v) is 19.2. The number of hydrogen-bond donors (Lipinski definition) is 0. The Morgan fingerprint density at radius 2 is 0.582 bits per heavy atom. The van der Waals surface area contributed by atoms with Crippen LogP contribution in [-0.4, -0.2) is 37.2 Å². The van der Waals surface area contributed by atoms with Crippen molar-refractivity contribution in [3.8, 4) is 0 Å². The molecule has 0 bridgehead atoms. The standard InChI is InChI=1S/C61H108O6/c1-4-7-10-13-16-19-21-23-25-27-28-29-30-31-32-34-35-37-39-42-45-48-51-54-60(63)66-57-58(56-65-59(62)53-50-47-44-41-18-15-12-9-6-3)67-61(64)55-52-49-46-43-40-38-36-33-26-24-22-20-17-14-11-8-5-2/h7,10,16,19,23,25,28-29,31-32,58H,4-6,8-9,11-15,17-18,20-22,24,26-27,30,33-57H2,1-3H3/b10-7-,19-16-,25-23-,29-28-,32-31-. The molecule has 67 heavy (non-hydrogen) atoms. The molecule has 0 aliphatic rings. The summed E-state index contributed by atoms with van der Waals surface area (Å²) in [5.74, 6) is -0.875. The Morgan fingerprint density at radius 3 is 0.910 bits per heavy atom. The van der Waals surface area contributed by atoms with Crippen molar-refractivity contribution in [2.75, 3.05) is 13.2 Å². The predicted octanol–water partition coefficient (Wildman–Crippen LogP) is 19.2. The Hall–Kier alpha value is -2.89. The molecule has 0 spiro atoms. The van der Waals surface area contributed by atoms with Crippen molar-refractivity contribution in [3.05, 3.63) is 60.8 Å². The highest BCUT2D eigenvalue weighted by atomic mass is 16.6. The van der Waals surface area contributed by atoms with Crippen LogP contribution in [0.5, 0.6) is 0 Å². The van der Waals surface area contributed by atoms with Crippen LogP contribution in [0.1, 0.15) is 290 Å². The molecule has 388 valence electrons. The fourth-order valence-corrected chi connectivity index (χ4v) is 8.24. The van der Waals surface area contributed by atoms with E-state index in [0.29, 0.717) is 19.3 Å². The summed E-state index contributed by atoms with van der Waals surface area (Å²) >= 11 is 0. The maximum absolute atomic E-state index is 12.8. The lowest BCUT2D eigenvalue weighted by atomic mass is 10.0. The summed E-state index contributed by atoms with van der Waals surface area (Å²) in [6.07, 6.45) is 69.3. The Morgan fingerprint density at radius 1 is 0.313 bits per heavy atom. The number of esters is 3. The molecule has 0 aromatic heterocycles. The molecule has 0 heterocycles. The van der Waals surface area contributed by atoms with E-state index < -0.39 is 6.10 Å². The molecule has 0 aromatic carbocycles. The largest absolute Gasteiger partial charge is 0.462 e. The average Bonchev–Trinajstić information content (AvgIpc) is 3.33. The van der Waals surface area contributed by atoms with Crippen molar-refractivity contribution in [1.29, 1.82) is 0 Å². The van der Waals surface area contributed by atoms with Crippen LogP contribution in [0.2, 0.25) is 0 Å². The van der Waals surface area contributed by atoms with Gasteiger partial charge in [-0.2, -0.15) is 0 Å². The van der Waals surface area contributed by atoms with Crippen LogP contribution >= 0.6 is 0 Å². The third-order valence-electron chi connectivity index (χ3n) is 12.5. The Balaban J connectivity index is 4.26. The molecule has 0 radical (unpaired) electrons. The molecule has 1 atom stereocenters. The molecule has 0 saturated carbocycles. The van der Waals surface area contributed by atoms with Crippen LogP contribution in [0, 0.1) is 0 Å². The van der Waals surface area contributed by atoms with Gasteiger partial charge in [-0.15, -0.1) is 0 Å². The number of carbonyl (C=O) groups excluding carboxylic acids is 3. The first-order valence-corrected chi connectivity index (χ1v) is 28.8. The fourth-order valence-electron chi connectivity index (χ4n) is 8.24. The van der Waals surface area contributed by atoms with Gasteiger partial charge in [0.15, 0.2) is 6.10 Å². The van der Waals surface area contributed by atoms with Gasteiger partial charge in [-0.3, -0.25) is 14.4 Å². The van der Waals surface area contributed by atoms with Crippen molar-refractivity contribution >= 4 is 17.9 Å². The van der Waals surface area contributed by atoms with E-state index in [1.165, 1.54) is 154 Å². The van der Waals surface area contributed by atoms with Gasteiger partial charge in [0.05, 0.1) is 0 Å². The molecule has 0 fully saturated rings. The summed E-state index contributed by atoms with van der Waals surface area (Å²) in [6.45, 7) is 6.53. The molecule has 0 N–H and O–H groups in total. The van der Waals surface area contributed by atoms with E-state index >= 15 is 0 Å². The first-order chi connectivity index (χ1) is 33.0. The summed E-state index contributed by atoms with van der Waals surface area (Å²) in [5.41, 5.74) is 0. The van der Waals surface area contributed by atoms with E-state index in [-0.39, 0.29) is 31.1 Å². The summed E-state index contributed by atoms with van der Waals surface area (Å²) in [7, 11) is 0. The molecule has 6 nitrogen and oxygen atoms in total. The summed E-state index contributed by atoms with van der Waals surface area (Å²) in [4.78, 5) is 38.0. The van der Waals surface area contributed by atoms with Gasteiger partial charge in [0.1, 0.15) is 13.2 Å². The molecule has 0 aliphatic heterocycles. The Labute approximate surface area is 415 Å². The minimum atomic E-state index is -0.774. The minimum Gasteiger partial charge on any atom is -0.462 e. The second-order valence-electron chi connectivity index (χ2n) is 19.2. The number of ether oxygens (including phenoxy) is 3. The molecule has 0 saturated heterocycles. The van der Waals surface area contributed by atoms with Crippen LogP contribution in [0.25, 0.3) is 0 Å². The monoisotopic (exact) mass is 937 g/mol. The normalized spacial score (nSPS) is 12.5. The molecule has 0 aliphatic carbocycles. The number of rotatable bonds is 52. The molecule has 6 heteroatoms. The van der Waals surface area contributed by atoms with Gasteiger partial charge in [0.25, 0.3) is 0 Å². The highest BCUT2D eigenvalue weighted by Gasteiger charge is 2.19. The van der Waals surface area contributed by atoms with Crippen LogP contribution in [0.4, 0.5) is 0 Å². The first kappa shape index (κ1) is 64.1. The highest BCUT2D eigenvalue weighted by molar-refractivity contribution is 5.71. The van der Waals surface area contributed by atoms with Crippen LogP contribution in [0.15, 0.2) is 60.8 Å². The molecular weight excluding hydrogens is 829 g/mol. The smallest absolute Gasteiger partial charge is 0.306 e. The van der Waals surface area contributed by atoms with Crippen molar-refractivity contribution in [3.63, 3.8) is 0 Å². The zero-order valence-corrected chi connectivity index (χ0v) is 44.4. The van der Waals surface area contributed by atoms with Gasteiger partial charge in [-0.25, -0.2) is 0 Å². The molecular formula is C61H108O6. The van der Waals surface area contributed by atoms with E-state index in [1.54, 1.807) is 0 Å². The maximum Gasteiger partial charge on any atom is 0.306 e. The van der Waals surface area contributed by atoms with Crippen LogP contribution in [0.3, 0.4) is 0 Å². The summed E-state index contributed by atoms with van der Waals surface area (Å²) in [6, 6.07) is 0. The SMILES string of the molecule is CC/C=C\C/C=C\C/C=C\C/C=C\C/C=C\CCCCCCCCCC(=O)OCC(COC(=O)CCCCCCCCCCC)OC(=O)CCCCCCCCCCCCCCCCCCC. The van der Waals surface area contributed by atoms with Gasteiger partial charge in [-0.05, 0) is 64.2 Å². The zero-order valence-electron chi connectivity index (χ0n) is 44.4. The predicted molar refractivity (Wildman–Crippen MR) is 288 cm³/mol. The lowest BCUT2D eigenvalue weighted by molar-refractivity contribution is -0.167. The molecule has 0 rings (SSSR count). The summed E-state index contributed by atoms with van der Waals surface area (Å²) < 4.78 is 16.8. The minimum absolute atomic E-state index is 0.0740.